The van der Waals surface area contributed by atoms with Crippen LogP contribution in [0.5, 0.6) is 5.88 Å². The minimum Gasteiger partial charge on any atom is -0.478 e. The van der Waals surface area contributed by atoms with E-state index in [1.54, 1.807) is 0 Å². The monoisotopic (exact) mass is 275 g/mol. The molecule has 0 unspecified atom stereocenters. The third-order valence-corrected chi connectivity index (χ3v) is 3.63. The number of hydrogen-bond donors (Lipinski definition) is 2. The number of imidazole rings is 1. The Morgan fingerprint density at radius 2 is 2.16 bits per heavy atom. The molecule has 0 saturated heterocycles. The van der Waals surface area contributed by atoms with E-state index in [2.05, 4.69) is 19.9 Å². The number of nitrogens with two attached hydrogens (primary N) is 1. The lowest BCUT2D eigenvalue weighted by Crippen LogP contribution is -1.93. The van der Waals surface area contributed by atoms with Crippen molar-refractivity contribution in [2.45, 2.75) is 13.8 Å². The molecule has 0 fully saturated rings. The molecule has 0 radical (unpaired) electrons. The summed E-state index contributed by atoms with van der Waals surface area (Å²) in [6, 6.07) is 3.73. The molecule has 3 aromatic rings. The van der Waals surface area contributed by atoms with Crippen molar-refractivity contribution in [3.63, 3.8) is 0 Å². The molecule has 7 heteroatoms. The zero-order valence-electron chi connectivity index (χ0n) is 10.6. The Hall–Kier alpha value is -2.15. The summed E-state index contributed by atoms with van der Waals surface area (Å²) in [5, 5.41) is 0.538. The highest BCUT2D eigenvalue weighted by Gasteiger charge is 2.13. The zero-order valence-corrected chi connectivity index (χ0v) is 11.4. The molecule has 0 atom stereocenters. The summed E-state index contributed by atoms with van der Waals surface area (Å²) in [7, 11) is 0. The first kappa shape index (κ1) is 11.9. The van der Waals surface area contributed by atoms with Crippen LogP contribution in [0.1, 0.15) is 12.6 Å². The fraction of sp³-hybridized carbons (Fsp3) is 0.250. The number of aryl methyl sites for hydroxylation is 1. The topological polar surface area (TPSA) is 89.7 Å². The second-order valence-electron chi connectivity index (χ2n) is 4.01. The van der Waals surface area contributed by atoms with Crippen molar-refractivity contribution in [3.8, 4) is 16.6 Å². The van der Waals surface area contributed by atoms with Crippen LogP contribution in [-0.4, -0.2) is 26.5 Å². The van der Waals surface area contributed by atoms with Gasteiger partial charge in [-0.25, -0.2) is 9.97 Å². The van der Waals surface area contributed by atoms with Crippen molar-refractivity contribution in [1.82, 2.24) is 19.9 Å². The molecular weight excluding hydrogens is 262 g/mol. The number of H-pyrrole nitrogens is 1. The molecule has 0 spiro atoms. The number of nitrogens with zero attached hydrogens (tertiary/aromatic N) is 3. The lowest BCUT2D eigenvalue weighted by atomic mass is 10.4. The lowest BCUT2D eigenvalue weighted by Gasteiger charge is -1.99. The van der Waals surface area contributed by atoms with Gasteiger partial charge in [-0.2, -0.15) is 4.98 Å². The van der Waals surface area contributed by atoms with Gasteiger partial charge < -0.3 is 15.5 Å². The maximum atomic E-state index is 5.70. The normalized spacial score (nSPS) is 11.1. The molecule has 6 nitrogen and oxygen atoms in total. The van der Waals surface area contributed by atoms with Crippen molar-refractivity contribution >= 4 is 27.6 Å². The van der Waals surface area contributed by atoms with Gasteiger partial charge in [0.15, 0.2) is 16.6 Å². The number of nitrogen functional groups attached to an aromatic ring is 1. The van der Waals surface area contributed by atoms with E-state index >= 15 is 0 Å². The molecule has 0 amide bonds. The summed E-state index contributed by atoms with van der Waals surface area (Å²) in [4.78, 5) is 17.2. The van der Waals surface area contributed by atoms with Crippen molar-refractivity contribution in [2.75, 3.05) is 12.3 Å². The number of aromatic nitrogens is 4. The van der Waals surface area contributed by atoms with Crippen molar-refractivity contribution in [3.05, 3.63) is 17.8 Å². The first-order chi connectivity index (χ1) is 9.17. The molecule has 0 saturated carbocycles. The van der Waals surface area contributed by atoms with E-state index in [1.807, 2.05) is 26.0 Å². The third kappa shape index (κ3) is 2.12. The number of pyridine rings is 1. The van der Waals surface area contributed by atoms with Gasteiger partial charge in [-0.15, -0.1) is 0 Å². The highest BCUT2D eigenvalue weighted by molar-refractivity contribution is 7.18. The average Bonchev–Trinajstić information content (AvgIpc) is 2.92. The maximum Gasteiger partial charge on any atom is 0.215 e. The van der Waals surface area contributed by atoms with E-state index < -0.39 is 0 Å². The Morgan fingerprint density at radius 1 is 1.32 bits per heavy atom. The van der Waals surface area contributed by atoms with Crippen molar-refractivity contribution in [2.24, 2.45) is 0 Å². The first-order valence-corrected chi connectivity index (χ1v) is 6.72. The molecule has 3 N–H and O–H groups in total. The molecule has 0 aliphatic heterocycles. The Balaban J connectivity index is 2.08. The minimum absolute atomic E-state index is 0.538. The molecule has 0 aliphatic rings. The van der Waals surface area contributed by atoms with Crippen LogP contribution in [0.25, 0.3) is 21.9 Å². The maximum absolute atomic E-state index is 5.70. The van der Waals surface area contributed by atoms with Gasteiger partial charge in [-0.1, -0.05) is 11.3 Å². The molecule has 19 heavy (non-hydrogen) atoms. The Labute approximate surface area is 113 Å². The average molecular weight is 275 g/mol. The fourth-order valence-electron chi connectivity index (χ4n) is 1.85. The molecule has 3 rings (SSSR count). The molecule has 0 aromatic carbocycles. The Kier molecular flexibility index (Phi) is 2.83. The highest BCUT2D eigenvalue weighted by atomic mass is 32.1. The molecule has 0 aliphatic carbocycles. The molecule has 98 valence electrons. The number of thiazole rings is 1. The fourth-order valence-corrected chi connectivity index (χ4v) is 2.63. The SMILES string of the molecule is CCOc1ccc2[nH]c(-c3sc(N)nc3C)nc2n1. The number of rotatable bonds is 3. The standard InChI is InChI=1S/C12H13N5OS/c1-3-18-8-5-4-7-10(16-8)17-11(15-7)9-6(2)14-12(13)19-9/h4-5H,3H2,1-2H3,(H2,13,14)(H,15,16,17). The van der Waals surface area contributed by atoms with E-state index in [4.69, 9.17) is 10.5 Å². The van der Waals surface area contributed by atoms with Gasteiger partial charge in [-0.3, -0.25) is 0 Å². The number of anilines is 1. The number of ether oxygens (including phenoxy) is 1. The van der Waals surface area contributed by atoms with Crippen LogP contribution in [0.4, 0.5) is 5.13 Å². The lowest BCUT2D eigenvalue weighted by molar-refractivity contribution is 0.328. The van der Waals surface area contributed by atoms with E-state index in [0.717, 1.165) is 21.9 Å². The van der Waals surface area contributed by atoms with Crippen molar-refractivity contribution < 1.29 is 4.74 Å². The summed E-state index contributed by atoms with van der Waals surface area (Å²) < 4.78 is 5.36. The Bertz CT molecular complexity index is 733. The predicted molar refractivity (Wildman–Crippen MR) is 75.3 cm³/mol. The van der Waals surface area contributed by atoms with Gasteiger partial charge in [-0.05, 0) is 19.9 Å². The summed E-state index contributed by atoms with van der Waals surface area (Å²) in [6.07, 6.45) is 0. The van der Waals surface area contributed by atoms with E-state index in [0.29, 0.717) is 23.3 Å². The van der Waals surface area contributed by atoms with Crippen LogP contribution in [-0.2, 0) is 0 Å². The van der Waals surface area contributed by atoms with Gasteiger partial charge in [0.25, 0.3) is 0 Å². The van der Waals surface area contributed by atoms with Crippen LogP contribution < -0.4 is 10.5 Å². The number of aromatic amines is 1. The zero-order chi connectivity index (χ0) is 13.4. The minimum atomic E-state index is 0.538. The third-order valence-electron chi connectivity index (χ3n) is 2.64. The molecule has 0 bridgehead atoms. The Morgan fingerprint density at radius 3 is 2.84 bits per heavy atom. The molecular formula is C12H13N5OS. The van der Waals surface area contributed by atoms with Crippen LogP contribution in [0.15, 0.2) is 12.1 Å². The predicted octanol–water partition coefficient (Wildman–Crippen LogP) is 2.37. The number of hydrogen-bond acceptors (Lipinski definition) is 6. The van der Waals surface area contributed by atoms with Gasteiger partial charge in [0.2, 0.25) is 5.88 Å². The van der Waals surface area contributed by atoms with Crippen LogP contribution in [0.3, 0.4) is 0 Å². The summed E-state index contributed by atoms with van der Waals surface area (Å²) in [6.45, 7) is 4.42. The van der Waals surface area contributed by atoms with E-state index in [9.17, 15) is 0 Å². The van der Waals surface area contributed by atoms with Gasteiger partial charge in [0.05, 0.1) is 22.7 Å². The summed E-state index contributed by atoms with van der Waals surface area (Å²) in [5.74, 6) is 1.32. The number of fused-ring (bicyclic) bond motifs is 1. The molecule has 3 aromatic heterocycles. The highest BCUT2D eigenvalue weighted by Crippen LogP contribution is 2.30. The largest absolute Gasteiger partial charge is 0.478 e. The van der Waals surface area contributed by atoms with Crippen LogP contribution >= 0.6 is 11.3 Å². The summed E-state index contributed by atoms with van der Waals surface area (Å²) >= 11 is 1.41. The van der Waals surface area contributed by atoms with E-state index in [-0.39, 0.29) is 0 Å². The second kappa shape index (κ2) is 4.51. The quantitative estimate of drug-likeness (QED) is 0.766. The van der Waals surface area contributed by atoms with Crippen molar-refractivity contribution in [1.29, 1.82) is 0 Å². The number of nitrogens with one attached hydrogen (secondary N) is 1. The second-order valence-corrected chi connectivity index (χ2v) is 5.04. The van der Waals surface area contributed by atoms with Gasteiger partial charge >= 0.3 is 0 Å². The van der Waals surface area contributed by atoms with Crippen LogP contribution in [0, 0.1) is 6.92 Å². The van der Waals surface area contributed by atoms with Crippen LogP contribution in [0.2, 0.25) is 0 Å². The van der Waals surface area contributed by atoms with E-state index in [1.165, 1.54) is 11.3 Å². The molecule has 3 heterocycles. The van der Waals surface area contributed by atoms with Gasteiger partial charge in [0, 0.05) is 6.07 Å². The van der Waals surface area contributed by atoms with Gasteiger partial charge in [0.1, 0.15) is 0 Å². The first-order valence-electron chi connectivity index (χ1n) is 5.90. The smallest absolute Gasteiger partial charge is 0.215 e. The summed E-state index contributed by atoms with van der Waals surface area (Å²) in [5.41, 5.74) is 8.07.